The predicted molar refractivity (Wildman–Crippen MR) is 160 cm³/mol. The number of ether oxygens (including phenoxy) is 3. The number of carbonyl (C=O) groups is 1. The van der Waals surface area contributed by atoms with Crippen LogP contribution in [0.25, 0.3) is 11.0 Å². The molecule has 2 fully saturated rings. The average molecular weight is 671 g/mol. The Balaban J connectivity index is 1.11. The summed E-state index contributed by atoms with van der Waals surface area (Å²) in [7, 11) is 1.40. The second kappa shape index (κ2) is 12.4. The van der Waals surface area contributed by atoms with Crippen molar-refractivity contribution in [3.8, 4) is 5.88 Å². The molecule has 4 heterocycles. The van der Waals surface area contributed by atoms with Gasteiger partial charge in [-0.3, -0.25) is 4.90 Å². The number of methoxy groups -OCH3 is 1. The molecule has 6 rings (SSSR count). The Bertz CT molecular complexity index is 1550. The second-order valence-corrected chi connectivity index (χ2v) is 11.8. The summed E-state index contributed by atoms with van der Waals surface area (Å²) in [6.45, 7) is 4.21. The van der Waals surface area contributed by atoms with Crippen molar-refractivity contribution in [1.82, 2.24) is 19.4 Å². The molecule has 10 heteroatoms. The van der Waals surface area contributed by atoms with Gasteiger partial charge in [0.05, 0.1) is 42.9 Å². The number of esters is 1. The first-order chi connectivity index (χ1) is 20.0. The van der Waals surface area contributed by atoms with Gasteiger partial charge in [0.1, 0.15) is 18.2 Å². The number of halogens is 2. The van der Waals surface area contributed by atoms with Crippen molar-refractivity contribution in [1.29, 1.82) is 0 Å². The van der Waals surface area contributed by atoms with Gasteiger partial charge in [-0.05, 0) is 91.3 Å². The van der Waals surface area contributed by atoms with E-state index in [1.807, 2.05) is 30.3 Å². The van der Waals surface area contributed by atoms with E-state index < -0.39 is 0 Å². The molecule has 2 aliphatic rings. The molecular weight excluding hydrogens is 638 g/mol. The van der Waals surface area contributed by atoms with Crippen LogP contribution >= 0.6 is 22.6 Å². The van der Waals surface area contributed by atoms with Gasteiger partial charge in [-0.15, -0.1) is 0 Å². The first kappa shape index (κ1) is 28.0. The standard InChI is InChI=1S/C31H32FIN4O4/c1-39-31(38)21-6-8-27-28(15-21)37(17-24-11-14-40-24)29(34-27)18-36-12-9-20(10-13-36)26-3-2-4-30(35-26)41-19-22-5-7-23(33)16-25(22)32/h2-8,15-16,20,24H,9-14,17-19H2,1H3/t24-/m0/s1. The molecule has 0 unspecified atom stereocenters. The number of nitrogens with zero attached hydrogens (tertiary/aromatic N) is 4. The fourth-order valence-corrected chi connectivity index (χ4v) is 5.94. The molecule has 0 aliphatic carbocycles. The summed E-state index contributed by atoms with van der Waals surface area (Å²) in [5, 5.41) is 0. The third-order valence-corrected chi connectivity index (χ3v) is 8.61. The van der Waals surface area contributed by atoms with E-state index in [1.54, 1.807) is 12.1 Å². The van der Waals surface area contributed by atoms with E-state index in [4.69, 9.17) is 24.2 Å². The molecule has 1 atom stereocenters. The van der Waals surface area contributed by atoms with E-state index in [9.17, 15) is 9.18 Å². The van der Waals surface area contributed by atoms with Gasteiger partial charge in [0.15, 0.2) is 0 Å². The van der Waals surface area contributed by atoms with Crippen LogP contribution in [0, 0.1) is 9.39 Å². The molecule has 2 saturated heterocycles. The van der Waals surface area contributed by atoms with E-state index >= 15 is 0 Å². The van der Waals surface area contributed by atoms with Gasteiger partial charge in [-0.25, -0.2) is 19.2 Å². The van der Waals surface area contributed by atoms with Crippen molar-refractivity contribution in [2.24, 2.45) is 0 Å². The molecule has 0 N–H and O–H groups in total. The maximum absolute atomic E-state index is 14.2. The van der Waals surface area contributed by atoms with Crippen molar-refractivity contribution in [2.45, 2.75) is 51.0 Å². The van der Waals surface area contributed by atoms with E-state index in [2.05, 4.69) is 38.1 Å². The number of hydrogen-bond acceptors (Lipinski definition) is 7. The van der Waals surface area contributed by atoms with Crippen molar-refractivity contribution < 1.29 is 23.4 Å². The van der Waals surface area contributed by atoms with Crippen LogP contribution in [0.1, 0.15) is 52.6 Å². The zero-order valence-electron chi connectivity index (χ0n) is 22.9. The summed E-state index contributed by atoms with van der Waals surface area (Å²) in [4.78, 5) is 24.3. The van der Waals surface area contributed by atoms with E-state index in [1.165, 1.54) is 13.2 Å². The van der Waals surface area contributed by atoms with Crippen molar-refractivity contribution in [3.05, 3.63) is 86.6 Å². The number of hydrogen-bond donors (Lipinski definition) is 0. The van der Waals surface area contributed by atoms with Gasteiger partial charge in [0.25, 0.3) is 0 Å². The lowest BCUT2D eigenvalue weighted by Gasteiger charge is -2.32. The molecule has 0 spiro atoms. The second-order valence-electron chi connectivity index (χ2n) is 10.6. The van der Waals surface area contributed by atoms with Gasteiger partial charge in [-0.2, -0.15) is 0 Å². The maximum atomic E-state index is 14.2. The molecular formula is C31H32FIN4O4. The number of fused-ring (bicyclic) bond motifs is 1. The zero-order chi connectivity index (χ0) is 28.3. The fraction of sp³-hybridized carbons (Fsp3) is 0.387. The highest BCUT2D eigenvalue weighted by molar-refractivity contribution is 14.1. The minimum Gasteiger partial charge on any atom is -0.473 e. The number of piperidine rings is 1. The molecule has 2 aliphatic heterocycles. The minimum absolute atomic E-state index is 0.145. The quantitative estimate of drug-likeness (QED) is 0.167. The number of imidazole rings is 1. The lowest BCUT2D eigenvalue weighted by molar-refractivity contribution is -0.0592. The highest BCUT2D eigenvalue weighted by atomic mass is 127. The monoisotopic (exact) mass is 670 g/mol. The van der Waals surface area contributed by atoms with Crippen LogP contribution in [-0.2, 0) is 29.2 Å². The SMILES string of the molecule is COC(=O)c1ccc2nc(CN3CCC(c4cccc(OCc5ccc(I)cc5F)n4)CC3)n(C[C@@H]3CCO3)c2c1. The third-order valence-electron chi connectivity index (χ3n) is 7.93. The summed E-state index contributed by atoms with van der Waals surface area (Å²) in [6, 6.07) is 16.5. The van der Waals surface area contributed by atoms with Gasteiger partial charge < -0.3 is 18.8 Å². The van der Waals surface area contributed by atoms with Crippen LogP contribution in [0.4, 0.5) is 4.39 Å². The van der Waals surface area contributed by atoms with Gasteiger partial charge in [0.2, 0.25) is 5.88 Å². The summed E-state index contributed by atoms with van der Waals surface area (Å²) >= 11 is 2.09. The number of carbonyl (C=O) groups excluding carboxylic acids is 1. The highest BCUT2D eigenvalue weighted by Gasteiger charge is 2.26. The summed E-state index contributed by atoms with van der Waals surface area (Å²) < 4.78 is 33.8. The summed E-state index contributed by atoms with van der Waals surface area (Å²) in [6.07, 6.45) is 3.14. The van der Waals surface area contributed by atoms with E-state index in [0.717, 1.165) is 78.2 Å². The molecule has 0 saturated carbocycles. The molecule has 0 bridgehead atoms. The van der Waals surface area contributed by atoms with Crippen LogP contribution in [0.5, 0.6) is 5.88 Å². The third kappa shape index (κ3) is 6.39. The van der Waals surface area contributed by atoms with Crippen LogP contribution in [-0.4, -0.2) is 58.3 Å². The molecule has 4 aromatic rings. The fourth-order valence-electron chi connectivity index (χ4n) is 5.49. The van der Waals surface area contributed by atoms with Crippen molar-refractivity contribution in [2.75, 3.05) is 26.8 Å². The first-order valence-corrected chi connectivity index (χ1v) is 15.0. The number of benzene rings is 2. The average Bonchev–Trinajstić information content (AvgIpc) is 3.30. The summed E-state index contributed by atoms with van der Waals surface area (Å²) in [5.74, 6) is 1.20. The Morgan fingerprint density at radius 1 is 1.10 bits per heavy atom. The molecule has 8 nitrogen and oxygen atoms in total. The van der Waals surface area contributed by atoms with Crippen LogP contribution < -0.4 is 4.74 Å². The molecule has 2 aromatic carbocycles. The lowest BCUT2D eigenvalue weighted by Crippen LogP contribution is -2.35. The van der Waals surface area contributed by atoms with E-state index in [0.29, 0.717) is 22.9 Å². The van der Waals surface area contributed by atoms with Gasteiger partial charge >= 0.3 is 5.97 Å². The molecule has 0 amide bonds. The summed E-state index contributed by atoms with van der Waals surface area (Å²) in [5.41, 5.74) is 3.84. The molecule has 0 radical (unpaired) electrons. The Morgan fingerprint density at radius 2 is 1.93 bits per heavy atom. The van der Waals surface area contributed by atoms with Crippen LogP contribution in [0.3, 0.4) is 0 Å². The number of rotatable bonds is 9. The van der Waals surface area contributed by atoms with Crippen molar-refractivity contribution in [3.63, 3.8) is 0 Å². The topological polar surface area (TPSA) is 78.7 Å². The lowest BCUT2D eigenvalue weighted by atomic mass is 9.93. The number of pyridine rings is 1. The first-order valence-electron chi connectivity index (χ1n) is 13.9. The highest BCUT2D eigenvalue weighted by Crippen LogP contribution is 2.30. The molecule has 214 valence electrons. The van der Waals surface area contributed by atoms with Gasteiger partial charge in [-0.1, -0.05) is 12.1 Å². The van der Waals surface area contributed by atoms with Crippen LogP contribution in [0.15, 0.2) is 54.6 Å². The molecule has 2 aromatic heterocycles. The Morgan fingerprint density at radius 3 is 2.66 bits per heavy atom. The number of aromatic nitrogens is 3. The van der Waals surface area contributed by atoms with E-state index in [-0.39, 0.29) is 24.5 Å². The Labute approximate surface area is 252 Å². The zero-order valence-corrected chi connectivity index (χ0v) is 25.1. The predicted octanol–water partition coefficient (Wildman–Crippen LogP) is 5.71. The minimum atomic E-state index is -0.353. The van der Waals surface area contributed by atoms with Crippen molar-refractivity contribution >= 4 is 39.6 Å². The maximum Gasteiger partial charge on any atom is 0.337 e. The smallest absolute Gasteiger partial charge is 0.337 e. The molecule has 41 heavy (non-hydrogen) atoms. The largest absolute Gasteiger partial charge is 0.473 e. The Kier molecular flexibility index (Phi) is 8.50. The normalized spacial score (nSPS) is 17.9. The Hall–Kier alpha value is -3.09. The number of likely N-dealkylation sites (tertiary alicyclic amines) is 1. The van der Waals surface area contributed by atoms with Gasteiger partial charge in [0, 0.05) is 33.4 Å². The van der Waals surface area contributed by atoms with Crippen LogP contribution in [0.2, 0.25) is 0 Å².